The molecule has 328 valence electrons. The van der Waals surface area contributed by atoms with Gasteiger partial charge in [0.1, 0.15) is 49.4 Å². The molecule has 0 radical (unpaired) electrons. The van der Waals surface area contributed by atoms with E-state index in [4.69, 9.17) is 18.9 Å². The van der Waals surface area contributed by atoms with Crippen molar-refractivity contribution in [1.29, 1.82) is 0 Å². The minimum atomic E-state index is -0.700. The first-order valence-electron chi connectivity index (χ1n) is 19.7. The Hall–Kier alpha value is -10.6. The largest absolute Gasteiger partial charge is 0.508 e. The van der Waals surface area contributed by atoms with Gasteiger partial charge in [-0.25, -0.2) is 19.2 Å². The SMILES string of the molecule is O=C(OC/C1=C\C#CC#C/C=C(/COC(=O)c2ccc(O)cc2)C#CC#C/C(COC(=O)c2ccc(O)cc2)=C\C#CC#C/C=C(/COC(=O)c2ccc(O)cc2)C#CC#C1)c1ccc(O)cc1. The second kappa shape index (κ2) is 26.1. The Kier molecular flexibility index (Phi) is 18.6. The molecule has 0 bridgehead atoms. The van der Waals surface area contributed by atoms with E-state index in [1.165, 1.54) is 121 Å². The first kappa shape index (κ1) is 48.4. The number of carbonyl (C=O) groups excluding carboxylic acids is 4. The molecular formula is C56H32O12. The summed E-state index contributed by atoms with van der Waals surface area (Å²) in [4.78, 5) is 50.9. The third kappa shape index (κ3) is 17.3. The van der Waals surface area contributed by atoms with Crippen LogP contribution in [0.3, 0.4) is 0 Å². The molecule has 0 saturated carbocycles. The molecule has 0 unspecified atom stereocenters. The van der Waals surface area contributed by atoms with Gasteiger partial charge >= 0.3 is 23.9 Å². The highest BCUT2D eigenvalue weighted by Gasteiger charge is 2.11. The smallest absolute Gasteiger partial charge is 0.338 e. The van der Waals surface area contributed by atoms with Crippen LogP contribution in [0.4, 0.5) is 0 Å². The van der Waals surface area contributed by atoms with Crippen LogP contribution in [0.2, 0.25) is 0 Å². The first-order chi connectivity index (χ1) is 33.0. The number of carbonyl (C=O) groups is 4. The molecule has 4 aromatic carbocycles. The van der Waals surface area contributed by atoms with Crippen LogP contribution in [0.5, 0.6) is 23.0 Å². The van der Waals surface area contributed by atoms with Crippen molar-refractivity contribution in [3.8, 4) is 118 Å². The van der Waals surface area contributed by atoms with Gasteiger partial charge in [0.05, 0.1) is 22.3 Å². The summed E-state index contributed by atoms with van der Waals surface area (Å²) in [6.07, 6.45) is 5.44. The number of hydrogen-bond donors (Lipinski definition) is 4. The summed E-state index contributed by atoms with van der Waals surface area (Å²) in [5, 5.41) is 38.4. The number of allylic oxidation sites excluding steroid dienone is 4. The fourth-order valence-electron chi connectivity index (χ4n) is 4.84. The molecule has 1 aliphatic rings. The number of aromatic hydroxyl groups is 4. The Bertz CT molecular complexity index is 2790. The Morgan fingerprint density at radius 1 is 0.309 bits per heavy atom. The summed E-state index contributed by atoms with van der Waals surface area (Å²) in [7, 11) is 0. The Labute approximate surface area is 391 Å². The van der Waals surface area contributed by atoms with Crippen molar-refractivity contribution < 1.29 is 58.6 Å². The van der Waals surface area contributed by atoms with E-state index in [-0.39, 0.29) is 94.0 Å². The molecule has 0 heterocycles. The van der Waals surface area contributed by atoms with Crippen molar-refractivity contribution >= 4 is 23.9 Å². The lowest BCUT2D eigenvalue weighted by molar-refractivity contribution is 0.0534. The average Bonchev–Trinajstić information content (AvgIpc) is 3.34. The molecule has 0 fully saturated rings. The van der Waals surface area contributed by atoms with Crippen molar-refractivity contribution in [2.45, 2.75) is 0 Å². The molecule has 68 heavy (non-hydrogen) atoms. The van der Waals surface area contributed by atoms with Gasteiger partial charge in [-0.3, -0.25) is 0 Å². The Balaban J connectivity index is 1.49. The molecule has 0 aliphatic heterocycles. The monoisotopic (exact) mass is 896 g/mol. The highest BCUT2D eigenvalue weighted by atomic mass is 16.5. The lowest BCUT2D eigenvalue weighted by Crippen LogP contribution is -2.07. The van der Waals surface area contributed by atoms with Crippen LogP contribution in [-0.2, 0) is 18.9 Å². The van der Waals surface area contributed by atoms with E-state index in [1.54, 1.807) is 0 Å². The zero-order valence-corrected chi connectivity index (χ0v) is 35.4. The summed E-state index contributed by atoms with van der Waals surface area (Å²) in [5.74, 6) is 40.2. The number of phenolic OH excluding ortho intramolecular Hbond substituents is 4. The maximum absolute atomic E-state index is 12.7. The minimum absolute atomic E-state index is 0.0338. The van der Waals surface area contributed by atoms with E-state index in [2.05, 4.69) is 94.7 Å². The molecule has 12 nitrogen and oxygen atoms in total. The van der Waals surface area contributed by atoms with Crippen LogP contribution in [0.15, 0.2) is 144 Å². The van der Waals surface area contributed by atoms with Gasteiger partial charge in [0.15, 0.2) is 0 Å². The third-order valence-electron chi connectivity index (χ3n) is 8.26. The van der Waals surface area contributed by atoms with Crippen LogP contribution < -0.4 is 0 Å². The predicted molar refractivity (Wildman–Crippen MR) is 248 cm³/mol. The van der Waals surface area contributed by atoms with Crippen molar-refractivity contribution in [2.75, 3.05) is 26.4 Å². The Morgan fingerprint density at radius 3 is 0.691 bits per heavy atom. The number of ether oxygens (including phenoxy) is 4. The molecule has 0 aromatic heterocycles. The quantitative estimate of drug-likeness (QED) is 0.0742. The molecule has 12 heteroatoms. The van der Waals surface area contributed by atoms with Gasteiger partial charge in [-0.15, -0.1) is 0 Å². The molecule has 0 saturated heterocycles. The molecule has 4 aromatic rings. The Morgan fingerprint density at radius 2 is 0.500 bits per heavy atom. The summed E-state index contributed by atoms with van der Waals surface area (Å²) in [5.41, 5.74) is 1.59. The fraction of sp³-hybridized carbons (Fsp3) is 0.0714. The second-order valence-electron chi connectivity index (χ2n) is 13.2. The summed E-state index contributed by atoms with van der Waals surface area (Å²) in [6, 6.07) is 21.8. The highest BCUT2D eigenvalue weighted by molar-refractivity contribution is 5.91. The molecule has 4 N–H and O–H groups in total. The zero-order valence-electron chi connectivity index (χ0n) is 35.4. The lowest BCUT2D eigenvalue weighted by atomic mass is 10.2. The maximum Gasteiger partial charge on any atom is 0.338 e. The van der Waals surface area contributed by atoms with Crippen molar-refractivity contribution in [1.82, 2.24) is 0 Å². The van der Waals surface area contributed by atoms with Gasteiger partial charge in [-0.1, -0.05) is 47.4 Å². The third-order valence-corrected chi connectivity index (χ3v) is 8.26. The second-order valence-corrected chi connectivity index (χ2v) is 13.2. The fourth-order valence-corrected chi connectivity index (χ4v) is 4.84. The van der Waals surface area contributed by atoms with Gasteiger partial charge in [0.25, 0.3) is 0 Å². The van der Waals surface area contributed by atoms with Gasteiger partial charge in [0, 0.05) is 46.6 Å². The van der Waals surface area contributed by atoms with Crippen LogP contribution >= 0.6 is 0 Å². The van der Waals surface area contributed by atoms with Gasteiger partial charge < -0.3 is 39.4 Å². The van der Waals surface area contributed by atoms with Crippen molar-refractivity contribution in [3.63, 3.8) is 0 Å². The van der Waals surface area contributed by atoms with Gasteiger partial charge in [0.2, 0.25) is 0 Å². The van der Waals surface area contributed by atoms with Crippen LogP contribution in [-0.4, -0.2) is 70.7 Å². The first-order valence-corrected chi connectivity index (χ1v) is 19.7. The van der Waals surface area contributed by atoms with Crippen LogP contribution in [0.1, 0.15) is 41.4 Å². The predicted octanol–water partition coefficient (Wildman–Crippen LogP) is 5.98. The number of benzene rings is 4. The van der Waals surface area contributed by atoms with Crippen molar-refractivity contribution in [2.24, 2.45) is 0 Å². The summed E-state index contributed by atoms with van der Waals surface area (Å²) < 4.78 is 21.7. The normalized spacial score (nSPS) is 14.5. The van der Waals surface area contributed by atoms with Gasteiger partial charge in [-0.2, -0.15) is 0 Å². The molecule has 5 rings (SSSR count). The average molecular weight is 897 g/mol. The minimum Gasteiger partial charge on any atom is -0.508 e. The molecule has 0 atom stereocenters. The molecular weight excluding hydrogens is 865 g/mol. The number of rotatable bonds is 12. The topological polar surface area (TPSA) is 186 Å². The van der Waals surface area contributed by atoms with Crippen LogP contribution in [0.25, 0.3) is 0 Å². The maximum atomic E-state index is 12.7. The van der Waals surface area contributed by atoms with Crippen LogP contribution in [0, 0.1) is 94.7 Å². The lowest BCUT2D eigenvalue weighted by Gasteiger charge is -2.04. The van der Waals surface area contributed by atoms with E-state index in [9.17, 15) is 39.6 Å². The van der Waals surface area contributed by atoms with Crippen molar-refractivity contribution in [3.05, 3.63) is 166 Å². The number of phenols is 4. The number of esters is 4. The molecule has 1 aliphatic carbocycles. The van der Waals surface area contributed by atoms with E-state index in [0.29, 0.717) is 0 Å². The van der Waals surface area contributed by atoms with E-state index >= 15 is 0 Å². The zero-order chi connectivity index (χ0) is 48.4. The summed E-state index contributed by atoms with van der Waals surface area (Å²) in [6.45, 7) is -1.29. The summed E-state index contributed by atoms with van der Waals surface area (Å²) >= 11 is 0. The standard InChI is InChI=1S/C56H32O12/c57-49-29-21-45(22-30-49)53(61)65-37-41-13-5-1-2-6-14-42(38-66-54(62)46-23-31-50(58)32-24-46)18-11-12-20-44(40-68-56(64)48-27-35-52(60)36-28-48)16-8-4-3-7-15-43(19-10-9-17-41)39-67-55(63)47-25-33-51(59)34-26-47/h13-16,21-36,57-60H,37-40H2/b41-13-,42-14+,43-15+,44-16+. The van der Waals surface area contributed by atoms with E-state index in [1.807, 2.05) is 0 Å². The molecule has 0 spiro atoms. The van der Waals surface area contributed by atoms with E-state index in [0.717, 1.165) is 0 Å². The van der Waals surface area contributed by atoms with E-state index < -0.39 is 23.9 Å². The van der Waals surface area contributed by atoms with Gasteiger partial charge in [-0.05, 0) is 144 Å². The highest BCUT2D eigenvalue weighted by Crippen LogP contribution is 2.14. The molecule has 0 amide bonds. The number of hydrogen-bond acceptors (Lipinski definition) is 12.